The van der Waals surface area contributed by atoms with E-state index in [9.17, 15) is 0 Å². The number of aryl methyl sites for hydroxylation is 1. The number of hydrogen-bond donors (Lipinski definition) is 1. The normalized spacial score (nSPS) is 10.7. The van der Waals surface area contributed by atoms with Crippen LogP contribution in [0.15, 0.2) is 6.07 Å². The number of hydrogen-bond acceptors (Lipinski definition) is 5. The zero-order chi connectivity index (χ0) is 12.8. The van der Waals surface area contributed by atoms with Gasteiger partial charge in [0.1, 0.15) is 0 Å². The molecule has 0 unspecified atom stereocenters. The van der Waals surface area contributed by atoms with Crippen molar-refractivity contribution < 1.29 is 4.74 Å². The first-order valence-electron chi connectivity index (χ1n) is 5.95. The first-order chi connectivity index (χ1) is 8.08. The van der Waals surface area contributed by atoms with Gasteiger partial charge in [0.05, 0.1) is 7.11 Å². The van der Waals surface area contributed by atoms with Gasteiger partial charge in [0, 0.05) is 24.3 Å². The monoisotopic (exact) mass is 238 g/mol. The maximum Gasteiger partial charge on any atom is 0.229 e. The molecule has 1 aromatic rings. The molecular formula is C12H22N4O. The average Bonchev–Trinajstić information content (AvgIpc) is 2.28. The van der Waals surface area contributed by atoms with Crippen LogP contribution < -0.4 is 15.4 Å². The Kier molecular flexibility index (Phi) is 5.15. The lowest BCUT2D eigenvalue weighted by Gasteiger charge is -2.26. The largest absolute Gasteiger partial charge is 0.481 e. The van der Waals surface area contributed by atoms with Gasteiger partial charge in [-0.3, -0.25) is 0 Å². The maximum absolute atomic E-state index is 5.55. The van der Waals surface area contributed by atoms with Crippen LogP contribution >= 0.6 is 0 Å². The molecule has 1 heterocycles. The van der Waals surface area contributed by atoms with Crippen molar-refractivity contribution in [3.05, 3.63) is 11.8 Å². The van der Waals surface area contributed by atoms with Gasteiger partial charge in [-0.1, -0.05) is 0 Å². The van der Waals surface area contributed by atoms with E-state index in [0.717, 1.165) is 18.7 Å². The van der Waals surface area contributed by atoms with E-state index < -0.39 is 0 Å². The predicted molar refractivity (Wildman–Crippen MR) is 69.5 cm³/mol. The van der Waals surface area contributed by atoms with Gasteiger partial charge in [0.2, 0.25) is 11.8 Å². The Hall–Kier alpha value is -1.36. The molecule has 0 spiro atoms. The van der Waals surface area contributed by atoms with E-state index in [1.807, 2.05) is 13.0 Å². The van der Waals surface area contributed by atoms with Crippen LogP contribution in [0, 0.1) is 6.92 Å². The molecule has 0 saturated carbocycles. The quantitative estimate of drug-likeness (QED) is 0.810. The number of aromatic nitrogens is 2. The highest BCUT2D eigenvalue weighted by molar-refractivity contribution is 5.35. The lowest BCUT2D eigenvalue weighted by atomic mass is 10.3. The minimum absolute atomic E-state index is 0.341. The van der Waals surface area contributed by atoms with Gasteiger partial charge < -0.3 is 15.4 Å². The first-order valence-corrected chi connectivity index (χ1v) is 5.95. The summed E-state index contributed by atoms with van der Waals surface area (Å²) in [4.78, 5) is 11.0. The number of nitrogens with zero attached hydrogens (tertiary/aromatic N) is 3. The van der Waals surface area contributed by atoms with Gasteiger partial charge in [0.25, 0.3) is 0 Å². The number of rotatable bonds is 6. The van der Waals surface area contributed by atoms with E-state index in [1.165, 1.54) is 0 Å². The Bertz CT molecular complexity index is 354. The summed E-state index contributed by atoms with van der Waals surface area (Å²) < 4.78 is 5.17. The summed E-state index contributed by atoms with van der Waals surface area (Å²) in [6.45, 7) is 7.71. The third kappa shape index (κ3) is 3.85. The average molecular weight is 238 g/mol. The van der Waals surface area contributed by atoms with Crippen molar-refractivity contribution in [2.24, 2.45) is 5.73 Å². The van der Waals surface area contributed by atoms with Gasteiger partial charge in [0.15, 0.2) is 0 Å². The molecule has 0 aliphatic heterocycles. The Labute approximate surface area is 103 Å². The van der Waals surface area contributed by atoms with Crippen molar-refractivity contribution in [1.82, 2.24) is 9.97 Å². The number of anilines is 1. The summed E-state index contributed by atoms with van der Waals surface area (Å²) in [7, 11) is 1.62. The van der Waals surface area contributed by atoms with Crippen molar-refractivity contribution in [3.63, 3.8) is 0 Å². The van der Waals surface area contributed by atoms with E-state index in [0.29, 0.717) is 24.4 Å². The van der Waals surface area contributed by atoms with Crippen LogP contribution in [0.5, 0.6) is 5.88 Å². The van der Waals surface area contributed by atoms with Crippen LogP contribution in [-0.4, -0.2) is 36.2 Å². The molecule has 2 N–H and O–H groups in total. The lowest BCUT2D eigenvalue weighted by Crippen LogP contribution is -2.34. The van der Waals surface area contributed by atoms with E-state index in [2.05, 4.69) is 28.7 Å². The zero-order valence-corrected chi connectivity index (χ0v) is 11.1. The first kappa shape index (κ1) is 13.7. The van der Waals surface area contributed by atoms with E-state index >= 15 is 0 Å². The Morgan fingerprint density at radius 1 is 1.41 bits per heavy atom. The second kappa shape index (κ2) is 6.39. The molecule has 17 heavy (non-hydrogen) atoms. The van der Waals surface area contributed by atoms with Crippen LogP contribution in [0.2, 0.25) is 0 Å². The zero-order valence-electron chi connectivity index (χ0n) is 11.1. The maximum atomic E-state index is 5.55. The van der Waals surface area contributed by atoms with Crippen molar-refractivity contribution in [2.45, 2.75) is 33.2 Å². The SMILES string of the molecule is COc1cc(C)nc(N(CCCN)C(C)C)n1. The van der Waals surface area contributed by atoms with Gasteiger partial charge in [-0.25, -0.2) is 4.98 Å². The Morgan fingerprint density at radius 3 is 2.65 bits per heavy atom. The molecule has 0 aliphatic rings. The second-order valence-electron chi connectivity index (χ2n) is 4.28. The van der Waals surface area contributed by atoms with E-state index in [1.54, 1.807) is 7.11 Å². The summed E-state index contributed by atoms with van der Waals surface area (Å²) in [5, 5.41) is 0. The second-order valence-corrected chi connectivity index (χ2v) is 4.28. The Balaban J connectivity index is 2.96. The summed E-state index contributed by atoms with van der Waals surface area (Å²) in [6, 6.07) is 2.17. The summed E-state index contributed by atoms with van der Waals surface area (Å²) in [5.41, 5.74) is 6.46. The standard InChI is InChI=1S/C12H22N4O/c1-9(2)16(7-5-6-13)12-14-10(3)8-11(15-12)17-4/h8-9H,5-7,13H2,1-4H3. The van der Waals surface area contributed by atoms with Crippen molar-refractivity contribution in [2.75, 3.05) is 25.1 Å². The fourth-order valence-electron chi connectivity index (χ4n) is 1.61. The highest BCUT2D eigenvalue weighted by atomic mass is 16.5. The van der Waals surface area contributed by atoms with Gasteiger partial charge in [-0.05, 0) is 33.7 Å². The summed E-state index contributed by atoms with van der Waals surface area (Å²) >= 11 is 0. The highest BCUT2D eigenvalue weighted by Gasteiger charge is 2.14. The van der Waals surface area contributed by atoms with Crippen molar-refractivity contribution in [3.8, 4) is 5.88 Å². The minimum atomic E-state index is 0.341. The molecule has 5 heteroatoms. The van der Waals surface area contributed by atoms with Crippen LogP contribution in [0.1, 0.15) is 26.0 Å². The highest BCUT2D eigenvalue weighted by Crippen LogP contribution is 2.17. The number of nitrogens with two attached hydrogens (primary N) is 1. The molecule has 0 atom stereocenters. The molecule has 1 aromatic heterocycles. The molecule has 0 radical (unpaired) electrons. The van der Waals surface area contributed by atoms with Gasteiger partial charge in [-0.15, -0.1) is 0 Å². The molecule has 0 aromatic carbocycles. The van der Waals surface area contributed by atoms with Crippen LogP contribution in [0.4, 0.5) is 5.95 Å². The lowest BCUT2D eigenvalue weighted by molar-refractivity contribution is 0.395. The molecule has 0 fully saturated rings. The third-order valence-electron chi connectivity index (χ3n) is 2.51. The molecule has 0 aliphatic carbocycles. The Morgan fingerprint density at radius 2 is 2.12 bits per heavy atom. The van der Waals surface area contributed by atoms with Crippen molar-refractivity contribution in [1.29, 1.82) is 0 Å². The van der Waals surface area contributed by atoms with Crippen LogP contribution in [0.25, 0.3) is 0 Å². The molecule has 1 rings (SSSR count). The van der Waals surface area contributed by atoms with E-state index in [-0.39, 0.29) is 0 Å². The summed E-state index contributed by atoms with van der Waals surface area (Å²) in [5.74, 6) is 1.32. The molecule has 0 bridgehead atoms. The van der Waals surface area contributed by atoms with Crippen molar-refractivity contribution >= 4 is 5.95 Å². The van der Waals surface area contributed by atoms with E-state index in [4.69, 9.17) is 10.5 Å². The molecule has 0 amide bonds. The molecule has 96 valence electrons. The molecule has 0 saturated heterocycles. The van der Waals surface area contributed by atoms with Gasteiger partial charge in [-0.2, -0.15) is 4.98 Å². The molecule has 5 nitrogen and oxygen atoms in total. The smallest absolute Gasteiger partial charge is 0.229 e. The van der Waals surface area contributed by atoms with Gasteiger partial charge >= 0.3 is 0 Å². The number of methoxy groups -OCH3 is 1. The minimum Gasteiger partial charge on any atom is -0.481 e. The predicted octanol–water partition coefficient (Wildman–Crippen LogP) is 1.36. The summed E-state index contributed by atoms with van der Waals surface area (Å²) in [6.07, 6.45) is 0.928. The topological polar surface area (TPSA) is 64.3 Å². The fraction of sp³-hybridized carbons (Fsp3) is 0.667. The molecular weight excluding hydrogens is 216 g/mol. The fourth-order valence-corrected chi connectivity index (χ4v) is 1.61. The third-order valence-corrected chi connectivity index (χ3v) is 2.51. The number of ether oxygens (including phenoxy) is 1. The van der Waals surface area contributed by atoms with Crippen LogP contribution in [-0.2, 0) is 0 Å². The van der Waals surface area contributed by atoms with Crippen LogP contribution in [0.3, 0.4) is 0 Å².